The third kappa shape index (κ3) is 2.17. The molecule has 0 amide bonds. The maximum atomic E-state index is 11.1. The molecule has 0 radical (unpaired) electrons. The highest BCUT2D eigenvalue weighted by Gasteiger charge is 2.42. The quantitative estimate of drug-likeness (QED) is 0.710. The Morgan fingerprint density at radius 2 is 2.37 bits per heavy atom. The number of hydrogen-bond acceptors (Lipinski definition) is 6. The number of H-pyrrole nitrogens is 1. The van der Waals surface area contributed by atoms with E-state index in [0.717, 1.165) is 17.0 Å². The molecule has 0 saturated heterocycles. The summed E-state index contributed by atoms with van der Waals surface area (Å²) in [6.45, 7) is 0. The lowest BCUT2D eigenvalue weighted by atomic mass is 10.0. The van der Waals surface area contributed by atoms with E-state index in [9.17, 15) is 4.79 Å². The molecule has 100 valence electrons. The van der Waals surface area contributed by atoms with Crippen molar-refractivity contribution in [3.8, 4) is 0 Å². The van der Waals surface area contributed by atoms with Gasteiger partial charge in [0.1, 0.15) is 22.4 Å². The minimum atomic E-state index is -1.10. The molecule has 1 saturated carbocycles. The fourth-order valence-corrected chi connectivity index (χ4v) is 3.62. The second kappa shape index (κ2) is 4.46. The molecule has 2 aromatic rings. The summed E-state index contributed by atoms with van der Waals surface area (Å²) in [6, 6.07) is 0. The monoisotopic (exact) mass is 279 g/mol. The van der Waals surface area contributed by atoms with Crippen LogP contribution in [0.25, 0.3) is 11.2 Å². The van der Waals surface area contributed by atoms with Gasteiger partial charge in [0.15, 0.2) is 5.65 Å². The standard InChI is InChI=1S/C11H13N5O2S/c12-11(10(17)18)2-1-6(3-11)19-9-7-8(14-4-13-7)15-5-16-9/h4-6H,1-3,12H2,(H,17,18)(H,13,14,15,16). The largest absolute Gasteiger partial charge is 0.480 e. The molecule has 0 aliphatic heterocycles. The average Bonchev–Trinajstić information content (AvgIpc) is 2.97. The zero-order valence-electron chi connectivity index (χ0n) is 10.0. The highest BCUT2D eigenvalue weighted by Crippen LogP contribution is 2.39. The minimum Gasteiger partial charge on any atom is -0.480 e. The summed E-state index contributed by atoms with van der Waals surface area (Å²) < 4.78 is 0. The number of thioether (sulfide) groups is 1. The van der Waals surface area contributed by atoms with Crippen molar-refractivity contribution in [1.29, 1.82) is 0 Å². The Balaban J connectivity index is 1.80. The van der Waals surface area contributed by atoms with Gasteiger partial charge in [-0.1, -0.05) is 0 Å². The molecular weight excluding hydrogens is 266 g/mol. The number of imidazole rings is 1. The van der Waals surface area contributed by atoms with Crippen LogP contribution in [0.3, 0.4) is 0 Å². The van der Waals surface area contributed by atoms with Gasteiger partial charge in [-0.3, -0.25) is 4.79 Å². The van der Waals surface area contributed by atoms with E-state index in [1.165, 1.54) is 18.1 Å². The number of aliphatic carboxylic acids is 1. The summed E-state index contributed by atoms with van der Waals surface area (Å²) in [7, 11) is 0. The molecule has 2 atom stereocenters. The molecule has 7 nitrogen and oxygen atoms in total. The topological polar surface area (TPSA) is 118 Å². The van der Waals surface area contributed by atoms with Gasteiger partial charge in [-0.25, -0.2) is 15.0 Å². The van der Waals surface area contributed by atoms with E-state index < -0.39 is 11.5 Å². The van der Waals surface area contributed by atoms with Crippen molar-refractivity contribution in [2.45, 2.75) is 35.1 Å². The molecule has 4 N–H and O–H groups in total. The average molecular weight is 279 g/mol. The third-order valence-electron chi connectivity index (χ3n) is 3.40. The van der Waals surface area contributed by atoms with E-state index in [1.807, 2.05) is 0 Å². The van der Waals surface area contributed by atoms with E-state index in [4.69, 9.17) is 10.8 Å². The van der Waals surface area contributed by atoms with Crippen molar-refractivity contribution in [3.63, 3.8) is 0 Å². The summed E-state index contributed by atoms with van der Waals surface area (Å²) >= 11 is 1.54. The molecule has 19 heavy (non-hydrogen) atoms. The zero-order valence-corrected chi connectivity index (χ0v) is 10.9. The van der Waals surface area contributed by atoms with Gasteiger partial charge < -0.3 is 15.8 Å². The van der Waals surface area contributed by atoms with E-state index in [2.05, 4.69) is 19.9 Å². The fourth-order valence-electron chi connectivity index (χ4n) is 2.31. The summed E-state index contributed by atoms with van der Waals surface area (Å²) in [5.74, 6) is -0.926. The first-order chi connectivity index (χ1) is 9.08. The second-order valence-corrected chi connectivity index (χ2v) is 6.01. The lowest BCUT2D eigenvalue weighted by molar-refractivity contribution is -0.143. The van der Waals surface area contributed by atoms with Crippen molar-refractivity contribution in [1.82, 2.24) is 19.9 Å². The van der Waals surface area contributed by atoms with Crippen LogP contribution in [0.4, 0.5) is 0 Å². The van der Waals surface area contributed by atoms with Crippen LogP contribution in [0, 0.1) is 0 Å². The van der Waals surface area contributed by atoms with Crippen LogP contribution in [0.5, 0.6) is 0 Å². The highest BCUT2D eigenvalue weighted by atomic mass is 32.2. The number of aromatic amines is 1. The number of carboxylic acid groups (broad SMARTS) is 1. The fraction of sp³-hybridized carbons (Fsp3) is 0.455. The number of rotatable bonds is 3. The Labute approximate surface area is 113 Å². The summed E-state index contributed by atoms with van der Waals surface area (Å²) in [4.78, 5) is 26.5. The lowest BCUT2D eigenvalue weighted by Gasteiger charge is -2.17. The summed E-state index contributed by atoms with van der Waals surface area (Å²) in [5, 5.41) is 10.1. The first-order valence-corrected chi connectivity index (χ1v) is 6.79. The first kappa shape index (κ1) is 12.4. The van der Waals surface area contributed by atoms with Crippen molar-refractivity contribution < 1.29 is 9.90 Å². The predicted octanol–water partition coefficient (Wildman–Crippen LogP) is 0.780. The Morgan fingerprint density at radius 3 is 3.11 bits per heavy atom. The number of carbonyl (C=O) groups is 1. The van der Waals surface area contributed by atoms with Crippen LogP contribution in [0.15, 0.2) is 17.7 Å². The van der Waals surface area contributed by atoms with Crippen molar-refractivity contribution in [2.24, 2.45) is 5.73 Å². The molecule has 1 aliphatic carbocycles. The second-order valence-electron chi connectivity index (χ2n) is 4.72. The number of aromatic nitrogens is 4. The van der Waals surface area contributed by atoms with Gasteiger partial charge in [0.05, 0.1) is 6.33 Å². The molecule has 2 heterocycles. The molecule has 2 aromatic heterocycles. The van der Waals surface area contributed by atoms with Crippen molar-refractivity contribution >= 4 is 28.9 Å². The van der Waals surface area contributed by atoms with Gasteiger partial charge in [0, 0.05) is 5.25 Å². The van der Waals surface area contributed by atoms with Crippen LogP contribution in [-0.4, -0.2) is 41.8 Å². The van der Waals surface area contributed by atoms with E-state index in [0.29, 0.717) is 18.5 Å². The van der Waals surface area contributed by atoms with E-state index in [1.54, 1.807) is 6.33 Å². The van der Waals surface area contributed by atoms with Crippen LogP contribution in [0.2, 0.25) is 0 Å². The first-order valence-electron chi connectivity index (χ1n) is 5.91. The molecule has 0 bridgehead atoms. The third-order valence-corrected chi connectivity index (χ3v) is 4.67. The van der Waals surface area contributed by atoms with Crippen LogP contribution in [0.1, 0.15) is 19.3 Å². The number of nitrogens with two attached hydrogens (primary N) is 1. The lowest BCUT2D eigenvalue weighted by Crippen LogP contribution is -2.45. The maximum Gasteiger partial charge on any atom is 0.323 e. The highest BCUT2D eigenvalue weighted by molar-refractivity contribution is 8.00. The predicted molar refractivity (Wildman–Crippen MR) is 69.7 cm³/mol. The molecule has 1 aliphatic rings. The number of fused-ring (bicyclic) bond motifs is 1. The Bertz CT molecular complexity index is 630. The molecule has 2 unspecified atom stereocenters. The Hall–Kier alpha value is -1.67. The van der Waals surface area contributed by atoms with Crippen LogP contribution < -0.4 is 5.73 Å². The van der Waals surface area contributed by atoms with Gasteiger partial charge in [-0.2, -0.15) is 0 Å². The molecule has 0 spiro atoms. The van der Waals surface area contributed by atoms with Gasteiger partial charge in [0.2, 0.25) is 0 Å². The normalized spacial score (nSPS) is 26.9. The summed E-state index contributed by atoms with van der Waals surface area (Å²) in [5.41, 5.74) is 6.18. The number of carboxylic acids is 1. The molecule has 0 aromatic carbocycles. The van der Waals surface area contributed by atoms with Crippen LogP contribution in [-0.2, 0) is 4.79 Å². The van der Waals surface area contributed by atoms with Gasteiger partial charge in [-0.15, -0.1) is 11.8 Å². The molecular formula is C11H13N5O2S. The van der Waals surface area contributed by atoms with E-state index in [-0.39, 0.29) is 5.25 Å². The smallest absolute Gasteiger partial charge is 0.323 e. The Kier molecular flexibility index (Phi) is 2.90. The SMILES string of the molecule is NC1(C(=O)O)CCC(Sc2ncnc3nc[nH]c23)C1. The van der Waals surface area contributed by atoms with Gasteiger partial charge in [0.25, 0.3) is 0 Å². The zero-order chi connectivity index (χ0) is 13.5. The van der Waals surface area contributed by atoms with Crippen molar-refractivity contribution in [3.05, 3.63) is 12.7 Å². The number of nitrogens with zero attached hydrogens (tertiary/aromatic N) is 3. The minimum absolute atomic E-state index is 0.155. The van der Waals surface area contributed by atoms with E-state index >= 15 is 0 Å². The number of hydrogen-bond donors (Lipinski definition) is 3. The summed E-state index contributed by atoms with van der Waals surface area (Å²) in [6.07, 6.45) is 4.76. The number of nitrogens with one attached hydrogen (secondary N) is 1. The maximum absolute atomic E-state index is 11.1. The molecule has 1 fully saturated rings. The van der Waals surface area contributed by atoms with Gasteiger partial charge in [-0.05, 0) is 19.3 Å². The molecule has 8 heteroatoms. The van der Waals surface area contributed by atoms with Crippen molar-refractivity contribution in [2.75, 3.05) is 0 Å². The van der Waals surface area contributed by atoms with Gasteiger partial charge >= 0.3 is 5.97 Å². The molecule has 3 rings (SSSR count). The Morgan fingerprint density at radius 1 is 1.53 bits per heavy atom. The van der Waals surface area contributed by atoms with Crippen LogP contribution >= 0.6 is 11.8 Å².